The number of hydrogen-bond acceptors (Lipinski definition) is 7. The predicted molar refractivity (Wildman–Crippen MR) is 114 cm³/mol. The number of hydrogen-bond donors (Lipinski definition) is 1. The second kappa shape index (κ2) is 9.62. The molecule has 1 N–H and O–H groups in total. The lowest BCUT2D eigenvalue weighted by atomic mass is 10.2. The number of thioether (sulfide) groups is 1. The molecule has 0 bridgehead atoms. The molecule has 1 amide bonds. The molecule has 2 heterocycles. The summed E-state index contributed by atoms with van der Waals surface area (Å²) in [6, 6.07) is 5.63. The Labute approximate surface area is 174 Å². The van der Waals surface area contributed by atoms with Gasteiger partial charge in [0.25, 0.3) is 5.22 Å². The number of anilines is 2. The van der Waals surface area contributed by atoms with Crippen molar-refractivity contribution in [2.24, 2.45) is 0 Å². The van der Waals surface area contributed by atoms with Crippen LogP contribution in [0.15, 0.2) is 27.8 Å². The van der Waals surface area contributed by atoms with Crippen LogP contribution in [-0.4, -0.2) is 59.5 Å². The van der Waals surface area contributed by atoms with Crippen molar-refractivity contribution in [1.82, 2.24) is 15.1 Å². The Balaban J connectivity index is 1.62. The van der Waals surface area contributed by atoms with Crippen molar-refractivity contribution in [3.8, 4) is 0 Å². The summed E-state index contributed by atoms with van der Waals surface area (Å²) < 4.78 is 5.53. The summed E-state index contributed by atoms with van der Waals surface area (Å²) in [4.78, 5) is 17.2. The minimum atomic E-state index is -0.134. The van der Waals surface area contributed by atoms with Gasteiger partial charge in [0.2, 0.25) is 11.8 Å². The van der Waals surface area contributed by atoms with E-state index in [1.54, 1.807) is 6.07 Å². The van der Waals surface area contributed by atoms with Crippen LogP contribution in [0.3, 0.4) is 0 Å². The van der Waals surface area contributed by atoms with Crippen LogP contribution < -0.4 is 10.2 Å². The zero-order valence-electron chi connectivity index (χ0n) is 16.4. The molecule has 0 aliphatic carbocycles. The number of amides is 1. The van der Waals surface area contributed by atoms with E-state index in [9.17, 15) is 4.79 Å². The van der Waals surface area contributed by atoms with Crippen molar-refractivity contribution in [2.45, 2.75) is 31.9 Å². The summed E-state index contributed by atoms with van der Waals surface area (Å²) >= 11 is 7.40. The Bertz CT molecular complexity index is 805. The van der Waals surface area contributed by atoms with Crippen LogP contribution in [0.1, 0.15) is 32.6 Å². The van der Waals surface area contributed by atoms with E-state index in [1.807, 2.05) is 26.0 Å². The second-order valence-corrected chi connectivity index (χ2v) is 8.34. The SMILES string of the molecule is CCN1CCN(c2ccc(Cl)cc2NC(=O)CSc2nnc(C(C)C)o2)CC1. The minimum Gasteiger partial charge on any atom is -0.416 e. The maximum atomic E-state index is 12.5. The quantitative estimate of drug-likeness (QED) is 0.680. The van der Waals surface area contributed by atoms with Gasteiger partial charge in [0.05, 0.1) is 17.1 Å². The van der Waals surface area contributed by atoms with Crippen LogP contribution in [-0.2, 0) is 4.79 Å². The van der Waals surface area contributed by atoms with E-state index in [4.69, 9.17) is 16.0 Å². The Kier molecular flexibility index (Phi) is 7.20. The fourth-order valence-corrected chi connectivity index (χ4v) is 3.76. The maximum absolute atomic E-state index is 12.5. The summed E-state index contributed by atoms with van der Waals surface area (Å²) in [7, 11) is 0. The van der Waals surface area contributed by atoms with E-state index in [1.165, 1.54) is 11.8 Å². The highest BCUT2D eigenvalue weighted by molar-refractivity contribution is 7.99. The highest BCUT2D eigenvalue weighted by Crippen LogP contribution is 2.30. The number of rotatable bonds is 7. The number of benzene rings is 1. The first kappa shape index (κ1) is 21.0. The Morgan fingerprint density at radius 2 is 2.04 bits per heavy atom. The van der Waals surface area contributed by atoms with E-state index in [0.717, 1.165) is 44.1 Å². The zero-order valence-corrected chi connectivity index (χ0v) is 18.0. The van der Waals surface area contributed by atoms with E-state index < -0.39 is 0 Å². The number of halogens is 1. The molecule has 2 aromatic rings. The van der Waals surface area contributed by atoms with E-state index >= 15 is 0 Å². The molecule has 1 aromatic heterocycles. The van der Waals surface area contributed by atoms with Crippen LogP contribution in [0.2, 0.25) is 5.02 Å². The first-order chi connectivity index (χ1) is 13.5. The van der Waals surface area contributed by atoms with Crippen LogP contribution >= 0.6 is 23.4 Å². The third-order valence-electron chi connectivity index (χ3n) is 4.64. The molecule has 3 rings (SSSR count). The summed E-state index contributed by atoms with van der Waals surface area (Å²) in [5, 5.41) is 11.9. The number of nitrogens with zero attached hydrogens (tertiary/aromatic N) is 4. The van der Waals surface area contributed by atoms with Gasteiger partial charge in [-0.25, -0.2) is 0 Å². The Morgan fingerprint density at radius 3 is 2.68 bits per heavy atom. The Morgan fingerprint density at radius 1 is 1.29 bits per heavy atom. The lowest BCUT2D eigenvalue weighted by molar-refractivity contribution is -0.113. The van der Waals surface area contributed by atoms with Crippen LogP contribution in [0.25, 0.3) is 0 Å². The topological polar surface area (TPSA) is 74.5 Å². The molecule has 0 saturated carbocycles. The first-order valence-corrected chi connectivity index (χ1v) is 10.9. The molecule has 28 heavy (non-hydrogen) atoms. The number of carbonyl (C=O) groups excluding carboxylic acids is 1. The third-order valence-corrected chi connectivity index (χ3v) is 5.69. The molecule has 0 spiro atoms. The molecule has 1 saturated heterocycles. The smallest absolute Gasteiger partial charge is 0.277 e. The molecule has 1 fully saturated rings. The summed E-state index contributed by atoms with van der Waals surface area (Å²) in [5.74, 6) is 0.795. The van der Waals surface area contributed by atoms with Gasteiger partial charge in [-0.2, -0.15) is 0 Å². The van der Waals surface area contributed by atoms with Crippen molar-refractivity contribution in [3.63, 3.8) is 0 Å². The molecular weight excluding hydrogens is 398 g/mol. The molecule has 1 aliphatic heterocycles. The van der Waals surface area contributed by atoms with E-state index in [2.05, 4.69) is 32.2 Å². The van der Waals surface area contributed by atoms with Crippen LogP contribution in [0.5, 0.6) is 0 Å². The number of carbonyl (C=O) groups is 1. The first-order valence-electron chi connectivity index (χ1n) is 9.49. The van der Waals surface area contributed by atoms with Crippen molar-refractivity contribution >= 4 is 40.6 Å². The maximum Gasteiger partial charge on any atom is 0.277 e. The van der Waals surface area contributed by atoms with Crippen molar-refractivity contribution in [3.05, 3.63) is 29.1 Å². The van der Waals surface area contributed by atoms with Gasteiger partial charge in [0.15, 0.2) is 0 Å². The van der Waals surface area contributed by atoms with E-state index in [0.29, 0.717) is 16.1 Å². The number of aromatic nitrogens is 2. The molecule has 9 heteroatoms. The average molecular weight is 424 g/mol. The van der Waals surface area contributed by atoms with Gasteiger partial charge in [-0.05, 0) is 24.7 Å². The average Bonchev–Trinajstić information content (AvgIpc) is 3.16. The fraction of sp³-hybridized carbons (Fsp3) is 0.526. The normalized spacial score (nSPS) is 15.2. The highest BCUT2D eigenvalue weighted by atomic mass is 35.5. The number of likely N-dealkylation sites (N-methyl/N-ethyl adjacent to an activating group) is 1. The molecular formula is C19H26ClN5O2S. The number of piperazine rings is 1. The monoisotopic (exact) mass is 423 g/mol. The molecule has 7 nitrogen and oxygen atoms in total. The van der Waals surface area contributed by atoms with Gasteiger partial charge in [-0.15, -0.1) is 10.2 Å². The van der Waals surface area contributed by atoms with Gasteiger partial charge in [-0.3, -0.25) is 4.79 Å². The molecule has 0 unspecified atom stereocenters. The second-order valence-electron chi connectivity index (χ2n) is 6.98. The van der Waals surface area contributed by atoms with Gasteiger partial charge in [0, 0.05) is 37.1 Å². The molecule has 1 aliphatic rings. The lowest BCUT2D eigenvalue weighted by Gasteiger charge is -2.36. The lowest BCUT2D eigenvalue weighted by Crippen LogP contribution is -2.46. The zero-order chi connectivity index (χ0) is 20.1. The van der Waals surface area contributed by atoms with Crippen molar-refractivity contribution in [1.29, 1.82) is 0 Å². The largest absolute Gasteiger partial charge is 0.416 e. The fourth-order valence-electron chi connectivity index (χ4n) is 3.01. The Hall–Kier alpha value is -1.77. The minimum absolute atomic E-state index is 0.134. The van der Waals surface area contributed by atoms with Crippen LogP contribution in [0, 0.1) is 0 Å². The third kappa shape index (κ3) is 5.40. The van der Waals surface area contributed by atoms with Gasteiger partial charge in [-0.1, -0.05) is 44.1 Å². The van der Waals surface area contributed by atoms with Crippen molar-refractivity contribution < 1.29 is 9.21 Å². The van der Waals surface area contributed by atoms with E-state index in [-0.39, 0.29) is 17.6 Å². The van der Waals surface area contributed by atoms with Crippen molar-refractivity contribution in [2.75, 3.05) is 48.7 Å². The molecule has 152 valence electrons. The highest BCUT2D eigenvalue weighted by Gasteiger charge is 2.20. The molecule has 1 aromatic carbocycles. The summed E-state index contributed by atoms with van der Waals surface area (Å²) in [6.45, 7) is 11.1. The standard InChI is InChI=1S/C19H26ClN5O2S/c1-4-24-7-9-25(10-8-24)16-6-5-14(20)11-15(16)21-17(26)12-28-19-23-22-18(27-19)13(2)3/h5-6,11,13H,4,7-10,12H2,1-3H3,(H,21,26). The summed E-state index contributed by atoms with van der Waals surface area (Å²) in [5.41, 5.74) is 1.73. The molecule has 0 radical (unpaired) electrons. The van der Waals surface area contributed by atoms with Gasteiger partial charge in [0.1, 0.15) is 0 Å². The van der Waals surface area contributed by atoms with Gasteiger partial charge < -0.3 is 19.5 Å². The molecule has 0 atom stereocenters. The van der Waals surface area contributed by atoms with Gasteiger partial charge >= 0.3 is 0 Å². The predicted octanol–water partition coefficient (Wildman–Crippen LogP) is 3.72. The van der Waals surface area contributed by atoms with Crippen LogP contribution in [0.4, 0.5) is 11.4 Å². The number of nitrogens with one attached hydrogen (secondary N) is 1. The summed E-state index contributed by atoms with van der Waals surface area (Å²) in [6.07, 6.45) is 0.